The van der Waals surface area contributed by atoms with Gasteiger partial charge in [0.1, 0.15) is 12.7 Å². The number of hydrogen-bond acceptors (Lipinski definition) is 10. The topological polar surface area (TPSA) is 143 Å². The Morgan fingerprint density at radius 2 is 1.27 bits per heavy atom. The van der Waals surface area contributed by atoms with Crippen molar-refractivity contribution in [2.75, 3.05) is 6.61 Å². The highest BCUT2D eigenvalue weighted by Crippen LogP contribution is 2.37. The third kappa shape index (κ3) is 5.94. The van der Waals surface area contributed by atoms with Crippen LogP contribution in [-0.2, 0) is 30.5 Å². The lowest BCUT2D eigenvalue weighted by molar-refractivity contribution is -0.0649. The molecule has 0 bridgehead atoms. The molecule has 12 heteroatoms. The highest BCUT2D eigenvalue weighted by molar-refractivity contribution is 7.98. The number of H-pyrrole nitrogens is 1. The zero-order valence-electron chi connectivity index (χ0n) is 23.1. The van der Waals surface area contributed by atoms with E-state index >= 15 is 0 Å². The Kier molecular flexibility index (Phi) is 8.44. The number of hydrogen-bond donors (Lipinski definition) is 1. The van der Waals surface area contributed by atoms with Crippen molar-refractivity contribution in [3.05, 3.63) is 140 Å². The molecule has 1 saturated heterocycles. The monoisotopic (exact) mass is 614 g/mol. The summed E-state index contributed by atoms with van der Waals surface area (Å²) >= 11 is 1.43. The van der Waals surface area contributed by atoms with Crippen molar-refractivity contribution in [2.45, 2.75) is 36.0 Å². The fourth-order valence-electron chi connectivity index (χ4n) is 5.12. The van der Waals surface area contributed by atoms with E-state index < -0.39 is 60.3 Å². The van der Waals surface area contributed by atoms with Gasteiger partial charge in [-0.2, -0.15) is 11.8 Å². The van der Waals surface area contributed by atoms with Crippen molar-refractivity contribution in [3.8, 4) is 0 Å². The van der Waals surface area contributed by atoms with Gasteiger partial charge in [-0.15, -0.1) is 0 Å². The number of rotatable bonds is 8. The molecule has 0 spiro atoms. The molecule has 2 aliphatic heterocycles. The summed E-state index contributed by atoms with van der Waals surface area (Å²) in [7, 11) is 0. The van der Waals surface area contributed by atoms with Gasteiger partial charge in [0.25, 0.3) is 5.56 Å². The van der Waals surface area contributed by atoms with E-state index in [2.05, 4.69) is 4.98 Å². The van der Waals surface area contributed by atoms with Gasteiger partial charge in [-0.25, -0.2) is 19.2 Å². The minimum Gasteiger partial charge on any atom is -0.459 e. The molecule has 0 unspecified atom stereocenters. The summed E-state index contributed by atoms with van der Waals surface area (Å²) in [4.78, 5) is 67.6. The number of aromatic nitrogens is 2. The molecule has 1 N–H and O–H groups in total. The summed E-state index contributed by atoms with van der Waals surface area (Å²) in [6.07, 6.45) is -5.16. The summed E-state index contributed by atoms with van der Waals surface area (Å²) in [5.74, 6) is -1.45. The Morgan fingerprint density at radius 3 is 1.84 bits per heavy atom. The van der Waals surface area contributed by atoms with Crippen molar-refractivity contribution in [1.82, 2.24) is 9.55 Å². The molecule has 3 aromatic carbocycles. The van der Waals surface area contributed by atoms with E-state index in [1.165, 1.54) is 16.3 Å². The highest BCUT2D eigenvalue weighted by atomic mass is 32.2. The summed E-state index contributed by atoms with van der Waals surface area (Å²) in [5, 5.41) is 0. The van der Waals surface area contributed by atoms with Crippen molar-refractivity contribution < 1.29 is 33.3 Å². The molecule has 4 aromatic rings. The normalized spacial score (nSPS) is 20.5. The Bertz CT molecular complexity index is 1790. The maximum atomic E-state index is 13.4. The van der Waals surface area contributed by atoms with Crippen LogP contribution in [0.4, 0.5) is 0 Å². The fourth-order valence-corrected chi connectivity index (χ4v) is 6.23. The number of nitrogens with zero attached hydrogens (tertiary/aromatic N) is 1. The van der Waals surface area contributed by atoms with Gasteiger partial charge in [0.05, 0.1) is 16.7 Å². The maximum Gasteiger partial charge on any atom is 0.338 e. The predicted octanol–water partition coefficient (Wildman–Crippen LogP) is 3.49. The minimum atomic E-state index is -1.37. The zero-order chi connectivity index (χ0) is 30.6. The lowest BCUT2D eigenvalue weighted by Gasteiger charge is -2.26. The quantitative estimate of drug-likeness (QED) is 0.231. The maximum absolute atomic E-state index is 13.4. The molecule has 224 valence electrons. The molecule has 4 atom stereocenters. The molecule has 3 heterocycles. The minimum absolute atomic E-state index is 0.216. The van der Waals surface area contributed by atoms with E-state index in [0.29, 0.717) is 28.3 Å². The van der Waals surface area contributed by atoms with Crippen LogP contribution in [-0.4, -0.2) is 52.4 Å². The summed E-state index contributed by atoms with van der Waals surface area (Å²) in [5.41, 5.74) is 0.237. The van der Waals surface area contributed by atoms with Crippen LogP contribution in [0.5, 0.6) is 0 Å². The van der Waals surface area contributed by atoms with E-state index in [9.17, 15) is 24.0 Å². The molecular weight excluding hydrogens is 588 g/mol. The van der Waals surface area contributed by atoms with Crippen molar-refractivity contribution in [1.29, 1.82) is 0 Å². The molecule has 0 radical (unpaired) electrons. The molecule has 0 aliphatic carbocycles. The van der Waals surface area contributed by atoms with Crippen molar-refractivity contribution in [3.63, 3.8) is 0 Å². The molecule has 0 amide bonds. The van der Waals surface area contributed by atoms with Gasteiger partial charge >= 0.3 is 23.6 Å². The number of carbonyl (C=O) groups is 3. The van der Waals surface area contributed by atoms with E-state index in [4.69, 9.17) is 18.9 Å². The molecule has 1 fully saturated rings. The van der Waals surface area contributed by atoms with Crippen LogP contribution in [0.2, 0.25) is 0 Å². The van der Waals surface area contributed by atoms with Gasteiger partial charge in [-0.05, 0) is 36.4 Å². The SMILES string of the molecule is O=C(OC[C@H]1O[C@@H](n2c3c(c(=O)[nH]c2=O)CSC3)[C@H](OC(=O)c2ccccc2)[C@@H]1OC(=O)c1ccccc1)c1ccccc1. The number of benzene rings is 3. The molecule has 11 nitrogen and oxygen atoms in total. The molecule has 2 aliphatic rings. The van der Waals surface area contributed by atoms with E-state index in [-0.39, 0.29) is 11.1 Å². The first-order valence-electron chi connectivity index (χ1n) is 13.7. The first-order chi connectivity index (χ1) is 21.4. The van der Waals surface area contributed by atoms with Crippen LogP contribution in [0.25, 0.3) is 0 Å². The number of aromatic amines is 1. The van der Waals surface area contributed by atoms with E-state index in [0.717, 1.165) is 0 Å². The second kappa shape index (κ2) is 12.7. The zero-order valence-corrected chi connectivity index (χ0v) is 23.9. The molecule has 0 saturated carbocycles. The van der Waals surface area contributed by atoms with Crippen LogP contribution in [0.3, 0.4) is 0 Å². The third-order valence-electron chi connectivity index (χ3n) is 7.27. The summed E-state index contributed by atoms with van der Waals surface area (Å²) in [6.45, 7) is -0.397. The lowest BCUT2D eigenvalue weighted by atomic mass is 10.1. The Labute approximate surface area is 254 Å². The second-order valence-electron chi connectivity index (χ2n) is 10.0. The van der Waals surface area contributed by atoms with Crippen molar-refractivity contribution in [2.24, 2.45) is 0 Å². The highest BCUT2D eigenvalue weighted by Gasteiger charge is 2.52. The van der Waals surface area contributed by atoms with Crippen molar-refractivity contribution >= 4 is 29.7 Å². The third-order valence-corrected chi connectivity index (χ3v) is 8.24. The van der Waals surface area contributed by atoms with E-state index in [1.54, 1.807) is 91.0 Å². The number of carbonyl (C=O) groups excluding carboxylic acids is 3. The Morgan fingerprint density at radius 1 is 0.750 bits per heavy atom. The molecule has 1 aromatic heterocycles. The van der Waals surface area contributed by atoms with Crippen LogP contribution in [0.1, 0.15) is 48.6 Å². The van der Waals surface area contributed by atoms with Gasteiger partial charge in [0.15, 0.2) is 18.4 Å². The van der Waals surface area contributed by atoms with Gasteiger partial charge in [-0.1, -0.05) is 54.6 Å². The van der Waals surface area contributed by atoms with Gasteiger partial charge in [0, 0.05) is 22.8 Å². The Hall–Kier alpha value is -4.94. The van der Waals surface area contributed by atoms with Crippen LogP contribution >= 0.6 is 11.8 Å². The van der Waals surface area contributed by atoms with Gasteiger partial charge < -0.3 is 18.9 Å². The van der Waals surface area contributed by atoms with E-state index in [1.807, 2.05) is 0 Å². The average molecular weight is 615 g/mol. The molecule has 6 rings (SSSR count). The smallest absolute Gasteiger partial charge is 0.338 e. The fraction of sp³-hybridized carbons (Fsp3) is 0.219. The van der Waals surface area contributed by atoms with Gasteiger partial charge in [-0.3, -0.25) is 14.3 Å². The standard InChI is InChI=1S/C32H26N2O9S/c35-27-22-17-44-18-23(22)34(32(39)33-27)28-26(43-31(38)21-14-8-3-9-15-21)25(42-30(37)20-12-6-2-7-13-20)24(41-28)16-40-29(36)19-10-4-1-5-11-19/h1-15,24-26,28H,16-18H2,(H,33,35,39)/t24-,25-,26-,28-/m1/s1. The number of fused-ring (bicyclic) bond motifs is 1. The van der Waals surface area contributed by atoms with Crippen LogP contribution < -0.4 is 11.2 Å². The second-order valence-corrected chi connectivity index (χ2v) is 11.0. The predicted molar refractivity (Wildman–Crippen MR) is 158 cm³/mol. The van der Waals surface area contributed by atoms with Gasteiger partial charge in [0.2, 0.25) is 0 Å². The van der Waals surface area contributed by atoms with Crippen LogP contribution in [0, 0.1) is 0 Å². The summed E-state index contributed by atoms with van der Waals surface area (Å²) < 4.78 is 24.9. The number of thioether (sulfide) groups is 1. The average Bonchev–Trinajstić information content (AvgIpc) is 3.67. The Balaban J connectivity index is 1.40. The molecular formula is C32H26N2O9S. The largest absolute Gasteiger partial charge is 0.459 e. The van der Waals surface area contributed by atoms with Crippen LogP contribution in [0.15, 0.2) is 101 Å². The first-order valence-corrected chi connectivity index (χ1v) is 14.9. The number of nitrogens with one attached hydrogen (secondary N) is 1. The first kappa shape index (κ1) is 29.1. The lowest BCUT2D eigenvalue weighted by Crippen LogP contribution is -2.44. The number of ether oxygens (including phenoxy) is 4. The number of esters is 3. The summed E-state index contributed by atoms with van der Waals surface area (Å²) in [6, 6.07) is 24.6. The molecule has 44 heavy (non-hydrogen) atoms.